The van der Waals surface area contributed by atoms with Crippen molar-refractivity contribution in [2.75, 3.05) is 13.1 Å². The minimum Gasteiger partial charge on any atom is -0.341 e. The summed E-state index contributed by atoms with van der Waals surface area (Å²) in [5, 5.41) is 9.17. The lowest BCUT2D eigenvalue weighted by Crippen LogP contribution is -2.42. The Kier molecular flexibility index (Phi) is 2.93. The summed E-state index contributed by atoms with van der Waals surface area (Å²) in [6.07, 6.45) is 5.22. The van der Waals surface area contributed by atoms with E-state index in [4.69, 9.17) is 5.26 Å². The fourth-order valence-electron chi connectivity index (χ4n) is 3.42. The Morgan fingerprint density at radius 3 is 2.68 bits per heavy atom. The molecule has 0 N–H and O–H groups in total. The third kappa shape index (κ3) is 1.98. The summed E-state index contributed by atoms with van der Waals surface area (Å²) < 4.78 is 2.23. The van der Waals surface area contributed by atoms with Gasteiger partial charge in [-0.25, -0.2) is 4.98 Å². The van der Waals surface area contributed by atoms with Gasteiger partial charge in [-0.1, -0.05) is 12.1 Å². The van der Waals surface area contributed by atoms with Crippen molar-refractivity contribution in [2.45, 2.75) is 31.7 Å². The Labute approximate surface area is 129 Å². The molecule has 2 heterocycles. The Morgan fingerprint density at radius 1 is 1.27 bits per heavy atom. The Hall–Kier alpha value is -2.35. The number of aromatic nitrogens is 2. The van der Waals surface area contributed by atoms with Crippen LogP contribution < -0.4 is 0 Å². The van der Waals surface area contributed by atoms with Crippen molar-refractivity contribution < 1.29 is 4.79 Å². The van der Waals surface area contributed by atoms with Crippen LogP contribution in [-0.4, -0.2) is 33.4 Å². The van der Waals surface area contributed by atoms with Crippen LogP contribution in [0, 0.1) is 16.7 Å². The van der Waals surface area contributed by atoms with E-state index in [1.165, 1.54) is 0 Å². The second-order valence-corrected chi connectivity index (χ2v) is 6.36. The van der Waals surface area contributed by atoms with Gasteiger partial charge in [0.15, 0.2) is 0 Å². The van der Waals surface area contributed by atoms with E-state index in [1.54, 1.807) is 0 Å². The average Bonchev–Trinajstić information content (AvgIpc) is 3.27. The first-order valence-corrected chi connectivity index (χ1v) is 7.86. The van der Waals surface area contributed by atoms with E-state index in [9.17, 15) is 4.79 Å². The fraction of sp³-hybridized carbons (Fsp3) is 0.471. The molecule has 1 amide bonds. The number of piperidine rings is 1. The minimum absolute atomic E-state index is 0.0453. The number of imidazole rings is 1. The van der Waals surface area contributed by atoms with Crippen LogP contribution >= 0.6 is 0 Å². The van der Waals surface area contributed by atoms with Crippen LogP contribution in [0.15, 0.2) is 30.6 Å². The lowest BCUT2D eigenvalue weighted by atomic mass is 10.0. The molecular formula is C17H18N4O. The van der Waals surface area contributed by atoms with Gasteiger partial charge in [0.05, 0.1) is 23.4 Å². The molecular weight excluding hydrogens is 276 g/mol. The zero-order valence-corrected chi connectivity index (χ0v) is 12.4. The third-order valence-corrected chi connectivity index (χ3v) is 5.00. The number of rotatable bonds is 2. The first kappa shape index (κ1) is 13.3. The topological polar surface area (TPSA) is 61.9 Å². The van der Waals surface area contributed by atoms with Crippen LogP contribution in [0.5, 0.6) is 0 Å². The van der Waals surface area contributed by atoms with Crippen LogP contribution in [0.1, 0.15) is 31.7 Å². The lowest BCUT2D eigenvalue weighted by molar-refractivity contribution is -0.136. The molecule has 112 valence electrons. The third-order valence-electron chi connectivity index (χ3n) is 5.00. The van der Waals surface area contributed by atoms with Crippen molar-refractivity contribution in [3.05, 3.63) is 30.6 Å². The number of fused-ring (bicyclic) bond motifs is 1. The molecule has 0 unspecified atom stereocenters. The van der Waals surface area contributed by atoms with Gasteiger partial charge in [-0.2, -0.15) is 5.26 Å². The summed E-state index contributed by atoms with van der Waals surface area (Å²) in [6, 6.07) is 10.7. The molecule has 1 aromatic heterocycles. The molecule has 1 aliphatic heterocycles. The highest BCUT2D eigenvalue weighted by Gasteiger charge is 2.52. The van der Waals surface area contributed by atoms with Gasteiger partial charge in [-0.05, 0) is 37.8 Å². The van der Waals surface area contributed by atoms with Crippen LogP contribution in [0.3, 0.4) is 0 Å². The number of amides is 1. The smallest absolute Gasteiger partial charge is 0.243 e. The first-order chi connectivity index (χ1) is 10.7. The maximum absolute atomic E-state index is 12.4. The number of para-hydroxylation sites is 2. The molecule has 2 aromatic rings. The molecule has 1 saturated heterocycles. The van der Waals surface area contributed by atoms with E-state index in [0.29, 0.717) is 6.04 Å². The SMILES string of the molecule is N#CC1(C(=O)N2CCC(n3cnc4ccccc43)CC2)CC1. The molecule has 1 aromatic carbocycles. The molecule has 2 aliphatic rings. The van der Waals surface area contributed by atoms with Gasteiger partial charge in [-0.15, -0.1) is 0 Å². The van der Waals surface area contributed by atoms with Gasteiger partial charge in [0.25, 0.3) is 0 Å². The van der Waals surface area contributed by atoms with Gasteiger partial charge < -0.3 is 9.47 Å². The molecule has 2 fully saturated rings. The maximum Gasteiger partial charge on any atom is 0.243 e. The van der Waals surface area contributed by atoms with Crippen molar-refractivity contribution in [2.24, 2.45) is 5.41 Å². The molecule has 0 bridgehead atoms. The molecule has 1 saturated carbocycles. The Bertz CT molecular complexity index is 760. The molecule has 0 atom stereocenters. The number of carbonyl (C=O) groups is 1. The number of hydrogen-bond acceptors (Lipinski definition) is 3. The summed E-state index contributed by atoms with van der Waals surface area (Å²) in [5.74, 6) is 0.0453. The number of nitriles is 1. The van der Waals surface area contributed by atoms with Crippen molar-refractivity contribution in [3.8, 4) is 6.07 Å². The second kappa shape index (κ2) is 4.84. The van der Waals surface area contributed by atoms with Crippen LogP contribution in [0.2, 0.25) is 0 Å². The summed E-state index contributed by atoms with van der Waals surface area (Å²) in [5.41, 5.74) is 1.49. The van der Waals surface area contributed by atoms with E-state index in [1.807, 2.05) is 29.4 Å². The second-order valence-electron chi connectivity index (χ2n) is 6.36. The molecule has 0 spiro atoms. The van der Waals surface area contributed by atoms with Gasteiger partial charge in [0, 0.05) is 19.1 Å². The van der Waals surface area contributed by atoms with Crippen molar-refractivity contribution in [1.82, 2.24) is 14.5 Å². The van der Waals surface area contributed by atoms with Gasteiger partial charge >= 0.3 is 0 Å². The van der Waals surface area contributed by atoms with E-state index < -0.39 is 5.41 Å². The maximum atomic E-state index is 12.4. The van der Waals surface area contributed by atoms with E-state index in [-0.39, 0.29) is 5.91 Å². The monoisotopic (exact) mass is 294 g/mol. The number of nitrogens with zero attached hydrogens (tertiary/aromatic N) is 4. The normalized spacial score (nSPS) is 20.8. The highest BCUT2D eigenvalue weighted by atomic mass is 16.2. The first-order valence-electron chi connectivity index (χ1n) is 7.86. The zero-order chi connectivity index (χ0) is 15.2. The van der Waals surface area contributed by atoms with Crippen molar-refractivity contribution in [3.63, 3.8) is 0 Å². The van der Waals surface area contributed by atoms with E-state index >= 15 is 0 Å². The summed E-state index contributed by atoms with van der Waals surface area (Å²) in [4.78, 5) is 18.7. The molecule has 5 heteroatoms. The standard InChI is InChI=1S/C17H18N4O/c18-11-17(7-8-17)16(22)20-9-5-13(6-10-20)21-12-19-14-3-1-2-4-15(14)21/h1-4,12-13H,5-10H2. The molecule has 0 radical (unpaired) electrons. The van der Waals surface area contributed by atoms with Gasteiger partial charge in [0.1, 0.15) is 5.41 Å². The molecule has 22 heavy (non-hydrogen) atoms. The highest BCUT2D eigenvalue weighted by Crippen LogP contribution is 2.47. The van der Waals surface area contributed by atoms with Crippen molar-refractivity contribution in [1.29, 1.82) is 5.26 Å². The van der Waals surface area contributed by atoms with Crippen molar-refractivity contribution >= 4 is 16.9 Å². The predicted molar refractivity (Wildman–Crippen MR) is 81.9 cm³/mol. The summed E-state index contributed by atoms with van der Waals surface area (Å²) >= 11 is 0. The summed E-state index contributed by atoms with van der Waals surface area (Å²) in [7, 11) is 0. The van der Waals surface area contributed by atoms with Crippen LogP contribution in [0.25, 0.3) is 11.0 Å². The number of likely N-dealkylation sites (tertiary alicyclic amines) is 1. The van der Waals surface area contributed by atoms with Gasteiger partial charge in [0.2, 0.25) is 5.91 Å². The molecule has 5 nitrogen and oxygen atoms in total. The summed E-state index contributed by atoms with van der Waals surface area (Å²) in [6.45, 7) is 1.47. The Balaban J connectivity index is 1.48. The number of hydrogen-bond donors (Lipinski definition) is 0. The average molecular weight is 294 g/mol. The van der Waals surface area contributed by atoms with E-state index in [2.05, 4.69) is 21.7 Å². The van der Waals surface area contributed by atoms with E-state index in [0.717, 1.165) is 49.8 Å². The van der Waals surface area contributed by atoms with Crippen LogP contribution in [-0.2, 0) is 4.79 Å². The lowest BCUT2D eigenvalue weighted by Gasteiger charge is -2.34. The fourth-order valence-corrected chi connectivity index (χ4v) is 3.42. The highest BCUT2D eigenvalue weighted by molar-refractivity contribution is 5.88. The molecule has 1 aliphatic carbocycles. The Morgan fingerprint density at radius 2 is 2.00 bits per heavy atom. The van der Waals surface area contributed by atoms with Crippen LogP contribution in [0.4, 0.5) is 0 Å². The predicted octanol–water partition coefficient (Wildman–Crippen LogP) is 2.50. The van der Waals surface area contributed by atoms with Gasteiger partial charge in [-0.3, -0.25) is 4.79 Å². The largest absolute Gasteiger partial charge is 0.341 e. The molecule has 4 rings (SSSR count). The number of benzene rings is 1. The minimum atomic E-state index is -0.686. The quantitative estimate of drug-likeness (QED) is 0.855. The number of carbonyl (C=O) groups excluding carboxylic acids is 1. The zero-order valence-electron chi connectivity index (χ0n) is 12.4.